The molecule has 0 radical (unpaired) electrons. The molecule has 48 heavy (non-hydrogen) atoms. The Morgan fingerprint density at radius 1 is 0.458 bits per heavy atom. The van der Waals surface area contributed by atoms with Gasteiger partial charge in [0.05, 0.1) is 10.4 Å². The molecule has 0 bridgehead atoms. The number of hydrogen-bond acceptors (Lipinski definition) is 3. The molecule has 0 N–H and O–H groups in total. The fourth-order valence-corrected chi connectivity index (χ4v) is 8.87. The van der Waals surface area contributed by atoms with Crippen LogP contribution in [0.2, 0.25) is 0 Å². The molecule has 10 aromatic rings. The summed E-state index contributed by atoms with van der Waals surface area (Å²) in [6.07, 6.45) is 0. The molecule has 0 fully saturated rings. The summed E-state index contributed by atoms with van der Waals surface area (Å²) in [6.45, 7) is 4.50. The lowest BCUT2D eigenvalue weighted by Crippen LogP contribution is -2.10. The predicted molar refractivity (Wildman–Crippen MR) is 208 cm³/mol. The van der Waals surface area contributed by atoms with Crippen molar-refractivity contribution in [3.8, 4) is 0 Å². The van der Waals surface area contributed by atoms with Crippen LogP contribution in [0.25, 0.3) is 74.4 Å². The molecular weight excluding hydrogens is 603 g/mol. The van der Waals surface area contributed by atoms with Crippen LogP contribution in [0.15, 0.2) is 150 Å². The van der Waals surface area contributed by atoms with E-state index in [1.165, 1.54) is 63.7 Å². The highest BCUT2D eigenvalue weighted by atomic mass is 32.1. The van der Waals surface area contributed by atoms with E-state index in [4.69, 9.17) is 4.42 Å². The molecule has 0 atom stereocenters. The maximum absolute atomic E-state index is 6.23. The van der Waals surface area contributed by atoms with Crippen molar-refractivity contribution >= 4 is 103 Å². The van der Waals surface area contributed by atoms with Gasteiger partial charge in [-0.25, -0.2) is 0 Å². The second-order valence-corrected chi connectivity index (χ2v) is 14.2. The zero-order valence-corrected chi connectivity index (χ0v) is 27.5. The number of anilines is 3. The number of nitrogens with zero attached hydrogens (tertiary/aromatic N) is 1. The molecule has 0 aliphatic rings. The maximum Gasteiger partial charge on any atom is 0.135 e. The summed E-state index contributed by atoms with van der Waals surface area (Å²) in [7, 11) is 0. The van der Waals surface area contributed by atoms with Crippen LogP contribution < -0.4 is 4.90 Å². The molecule has 0 unspecified atom stereocenters. The topological polar surface area (TPSA) is 16.4 Å². The second kappa shape index (κ2) is 10.4. The standard InChI is InChI=1S/C45H31NOS/c1-27(2)28-18-20-29(21-19-28)46(30-22-23-43-39(24-30)35-14-7-8-17-42(35)47-43)41-16-9-15-36-40-25-37-33-12-5-3-10-31(33)32-11-4-6-13-34(32)38(37)26-44(40)48-45(36)41/h3-27H,1-2H3. The van der Waals surface area contributed by atoms with Crippen LogP contribution >= 0.6 is 11.3 Å². The van der Waals surface area contributed by atoms with Gasteiger partial charge in [0.15, 0.2) is 0 Å². The fourth-order valence-electron chi connectivity index (χ4n) is 7.65. The third-order valence-corrected chi connectivity index (χ3v) is 11.2. The van der Waals surface area contributed by atoms with Gasteiger partial charge in [0.1, 0.15) is 11.2 Å². The molecular formula is C45H31NOS. The smallest absolute Gasteiger partial charge is 0.135 e. The summed E-state index contributed by atoms with van der Waals surface area (Å²) in [5.41, 5.74) is 6.58. The Bertz CT molecular complexity index is 2870. The Hall–Kier alpha value is -5.64. The number of benzene rings is 8. The zero-order valence-electron chi connectivity index (χ0n) is 26.7. The average molecular weight is 634 g/mol. The van der Waals surface area contributed by atoms with Crippen molar-refractivity contribution in [3.05, 3.63) is 151 Å². The molecule has 0 aliphatic heterocycles. The van der Waals surface area contributed by atoms with Gasteiger partial charge >= 0.3 is 0 Å². The van der Waals surface area contributed by atoms with Crippen molar-refractivity contribution in [3.63, 3.8) is 0 Å². The minimum atomic E-state index is 0.466. The van der Waals surface area contributed by atoms with Crippen LogP contribution in [-0.2, 0) is 0 Å². The van der Waals surface area contributed by atoms with Gasteiger partial charge in [-0.1, -0.05) is 105 Å². The normalized spacial score (nSPS) is 12.1. The molecule has 0 aliphatic carbocycles. The van der Waals surface area contributed by atoms with Crippen molar-refractivity contribution in [1.29, 1.82) is 0 Å². The molecule has 2 nitrogen and oxygen atoms in total. The van der Waals surface area contributed by atoms with E-state index in [1.807, 2.05) is 23.5 Å². The van der Waals surface area contributed by atoms with E-state index in [0.29, 0.717) is 5.92 Å². The van der Waals surface area contributed by atoms with Crippen molar-refractivity contribution in [1.82, 2.24) is 0 Å². The van der Waals surface area contributed by atoms with Crippen LogP contribution in [-0.4, -0.2) is 0 Å². The molecule has 0 spiro atoms. The molecule has 2 aromatic heterocycles. The first-order valence-electron chi connectivity index (χ1n) is 16.6. The summed E-state index contributed by atoms with van der Waals surface area (Å²) < 4.78 is 8.81. The second-order valence-electron chi connectivity index (χ2n) is 13.1. The van der Waals surface area contributed by atoms with Crippen LogP contribution in [0.1, 0.15) is 25.3 Å². The SMILES string of the molecule is CC(C)c1ccc(N(c2ccc3oc4ccccc4c3c2)c2cccc3c2sc2cc4c5ccccc5c5ccccc5c4cc23)cc1. The number of furan rings is 1. The van der Waals surface area contributed by atoms with Crippen molar-refractivity contribution in [2.45, 2.75) is 19.8 Å². The Morgan fingerprint density at radius 2 is 1.04 bits per heavy atom. The molecule has 8 aromatic carbocycles. The lowest BCUT2D eigenvalue weighted by Gasteiger charge is -2.26. The van der Waals surface area contributed by atoms with Gasteiger partial charge < -0.3 is 9.32 Å². The van der Waals surface area contributed by atoms with Gasteiger partial charge in [0.25, 0.3) is 0 Å². The van der Waals surface area contributed by atoms with Crippen molar-refractivity contribution < 1.29 is 4.42 Å². The fraction of sp³-hybridized carbons (Fsp3) is 0.0667. The van der Waals surface area contributed by atoms with Gasteiger partial charge in [-0.05, 0) is 98.4 Å². The summed E-state index contributed by atoms with van der Waals surface area (Å²) in [6, 6.07) is 53.3. The van der Waals surface area contributed by atoms with Gasteiger partial charge in [0, 0.05) is 37.6 Å². The Labute approximate surface area is 282 Å². The highest BCUT2D eigenvalue weighted by Crippen LogP contribution is 2.48. The molecule has 0 saturated heterocycles. The van der Waals surface area contributed by atoms with Gasteiger partial charge in [-0.3, -0.25) is 0 Å². The van der Waals surface area contributed by atoms with Gasteiger partial charge in [-0.15, -0.1) is 11.3 Å². The quantitative estimate of drug-likeness (QED) is 0.179. The Morgan fingerprint density at radius 3 is 1.75 bits per heavy atom. The lowest BCUT2D eigenvalue weighted by atomic mass is 9.93. The van der Waals surface area contributed by atoms with Gasteiger partial charge in [-0.2, -0.15) is 0 Å². The van der Waals surface area contributed by atoms with E-state index >= 15 is 0 Å². The first kappa shape index (κ1) is 27.5. The Balaban J connectivity index is 1.26. The summed E-state index contributed by atoms with van der Waals surface area (Å²) in [5, 5.41) is 12.7. The number of hydrogen-bond donors (Lipinski definition) is 0. The average Bonchev–Trinajstić information content (AvgIpc) is 3.69. The van der Waals surface area contributed by atoms with E-state index in [9.17, 15) is 0 Å². The third-order valence-electron chi connectivity index (χ3n) is 10.0. The first-order chi connectivity index (χ1) is 23.6. The van der Waals surface area contributed by atoms with E-state index in [1.54, 1.807) is 0 Å². The summed E-state index contributed by atoms with van der Waals surface area (Å²) >= 11 is 1.89. The third kappa shape index (κ3) is 4.04. The van der Waals surface area contributed by atoms with E-state index < -0.39 is 0 Å². The Kier molecular flexibility index (Phi) is 5.97. The number of para-hydroxylation sites is 1. The molecule has 0 amide bonds. The van der Waals surface area contributed by atoms with E-state index in [-0.39, 0.29) is 0 Å². The molecule has 228 valence electrons. The molecule has 2 heterocycles. The lowest BCUT2D eigenvalue weighted by molar-refractivity contribution is 0.669. The highest BCUT2D eigenvalue weighted by molar-refractivity contribution is 7.26. The minimum Gasteiger partial charge on any atom is -0.456 e. The molecule has 10 rings (SSSR count). The van der Waals surface area contributed by atoms with Crippen LogP contribution in [0.4, 0.5) is 17.1 Å². The van der Waals surface area contributed by atoms with Crippen molar-refractivity contribution in [2.75, 3.05) is 4.90 Å². The monoisotopic (exact) mass is 633 g/mol. The predicted octanol–water partition coefficient (Wildman–Crippen LogP) is 14.0. The van der Waals surface area contributed by atoms with Crippen molar-refractivity contribution in [2.24, 2.45) is 0 Å². The van der Waals surface area contributed by atoms with E-state index in [0.717, 1.165) is 33.3 Å². The summed E-state index contributed by atoms with van der Waals surface area (Å²) in [4.78, 5) is 2.42. The largest absolute Gasteiger partial charge is 0.456 e. The van der Waals surface area contributed by atoms with Crippen LogP contribution in [0, 0.1) is 0 Å². The number of rotatable bonds is 4. The van der Waals surface area contributed by atoms with Crippen LogP contribution in [0.5, 0.6) is 0 Å². The first-order valence-corrected chi connectivity index (χ1v) is 17.4. The zero-order chi connectivity index (χ0) is 31.9. The number of thiophene rings is 1. The minimum absolute atomic E-state index is 0.466. The van der Waals surface area contributed by atoms with Gasteiger partial charge in [0.2, 0.25) is 0 Å². The highest BCUT2D eigenvalue weighted by Gasteiger charge is 2.21. The maximum atomic E-state index is 6.23. The molecule has 3 heteroatoms. The molecule has 0 saturated carbocycles. The number of fused-ring (bicyclic) bond motifs is 12. The summed E-state index contributed by atoms with van der Waals surface area (Å²) in [5.74, 6) is 0.466. The van der Waals surface area contributed by atoms with Crippen LogP contribution in [0.3, 0.4) is 0 Å². The van der Waals surface area contributed by atoms with E-state index in [2.05, 4.69) is 152 Å².